The molecule has 1 saturated carbocycles. The maximum Gasteiger partial charge on any atom is 0.224 e. The monoisotopic (exact) mass is 298 g/mol. The minimum atomic E-state index is 0.0826. The lowest BCUT2D eigenvalue weighted by Gasteiger charge is -2.20. The van der Waals surface area contributed by atoms with Crippen LogP contribution in [0.25, 0.3) is 5.82 Å². The number of amides is 1. The SMILES string of the molecule is O=C(CCC1CCCCC1)Nc1ccc(-n2cccn2)nc1. The highest BCUT2D eigenvalue weighted by Crippen LogP contribution is 2.27. The third kappa shape index (κ3) is 3.93. The summed E-state index contributed by atoms with van der Waals surface area (Å²) in [6, 6.07) is 5.56. The summed E-state index contributed by atoms with van der Waals surface area (Å²) in [6.45, 7) is 0. The topological polar surface area (TPSA) is 59.8 Å². The van der Waals surface area contributed by atoms with Gasteiger partial charge in [0.25, 0.3) is 0 Å². The second-order valence-electron chi connectivity index (χ2n) is 5.95. The van der Waals surface area contributed by atoms with Gasteiger partial charge in [-0.05, 0) is 30.5 Å². The summed E-state index contributed by atoms with van der Waals surface area (Å²) in [5.41, 5.74) is 0.740. The van der Waals surface area contributed by atoms with Gasteiger partial charge >= 0.3 is 0 Å². The van der Waals surface area contributed by atoms with Crippen molar-refractivity contribution in [2.24, 2.45) is 5.92 Å². The van der Waals surface area contributed by atoms with Gasteiger partial charge in [-0.15, -0.1) is 0 Å². The third-order valence-electron chi connectivity index (χ3n) is 4.28. The first-order chi connectivity index (χ1) is 10.8. The summed E-state index contributed by atoms with van der Waals surface area (Å²) in [5, 5.41) is 7.05. The van der Waals surface area contributed by atoms with E-state index in [1.165, 1.54) is 32.1 Å². The largest absolute Gasteiger partial charge is 0.325 e. The second-order valence-corrected chi connectivity index (χ2v) is 5.95. The Morgan fingerprint density at radius 2 is 2.14 bits per heavy atom. The Bertz CT molecular complexity index is 586. The van der Waals surface area contributed by atoms with E-state index in [9.17, 15) is 4.79 Å². The second kappa shape index (κ2) is 7.20. The summed E-state index contributed by atoms with van der Waals surface area (Å²) >= 11 is 0. The number of rotatable bonds is 5. The maximum atomic E-state index is 12.0. The van der Waals surface area contributed by atoms with Crippen molar-refractivity contribution in [1.29, 1.82) is 0 Å². The number of nitrogens with one attached hydrogen (secondary N) is 1. The van der Waals surface area contributed by atoms with Gasteiger partial charge in [-0.25, -0.2) is 9.67 Å². The van der Waals surface area contributed by atoms with Crippen molar-refractivity contribution in [3.63, 3.8) is 0 Å². The van der Waals surface area contributed by atoms with Crippen LogP contribution in [0.1, 0.15) is 44.9 Å². The van der Waals surface area contributed by atoms with Crippen LogP contribution in [0, 0.1) is 5.92 Å². The number of nitrogens with zero attached hydrogens (tertiary/aromatic N) is 3. The average Bonchev–Trinajstić information content (AvgIpc) is 3.09. The van der Waals surface area contributed by atoms with Gasteiger partial charge < -0.3 is 5.32 Å². The van der Waals surface area contributed by atoms with Crippen molar-refractivity contribution in [2.45, 2.75) is 44.9 Å². The fourth-order valence-electron chi connectivity index (χ4n) is 3.03. The molecule has 5 heteroatoms. The molecule has 0 unspecified atom stereocenters. The number of pyridine rings is 1. The molecular formula is C17H22N4O. The van der Waals surface area contributed by atoms with Crippen molar-refractivity contribution in [1.82, 2.24) is 14.8 Å². The van der Waals surface area contributed by atoms with E-state index >= 15 is 0 Å². The van der Waals surface area contributed by atoms with Crippen molar-refractivity contribution in [3.8, 4) is 5.82 Å². The van der Waals surface area contributed by atoms with Crippen LogP contribution in [-0.2, 0) is 4.79 Å². The summed E-state index contributed by atoms with van der Waals surface area (Å²) < 4.78 is 1.69. The predicted octanol–water partition coefficient (Wildman–Crippen LogP) is 3.57. The zero-order valence-electron chi connectivity index (χ0n) is 12.7. The van der Waals surface area contributed by atoms with Gasteiger partial charge in [0.2, 0.25) is 5.91 Å². The Morgan fingerprint density at radius 3 is 2.82 bits per heavy atom. The lowest BCUT2D eigenvalue weighted by atomic mass is 9.86. The van der Waals surface area contributed by atoms with Crippen LogP contribution < -0.4 is 5.32 Å². The summed E-state index contributed by atoms with van der Waals surface area (Å²) in [6.07, 6.45) is 13.4. The number of carbonyl (C=O) groups excluding carboxylic acids is 1. The molecule has 3 rings (SSSR count). The minimum absolute atomic E-state index is 0.0826. The van der Waals surface area contributed by atoms with Gasteiger partial charge in [0.05, 0.1) is 11.9 Å². The molecule has 0 spiro atoms. The highest BCUT2D eigenvalue weighted by atomic mass is 16.1. The molecule has 2 aromatic heterocycles. The van der Waals surface area contributed by atoms with Crippen molar-refractivity contribution in [3.05, 3.63) is 36.8 Å². The van der Waals surface area contributed by atoms with Crippen molar-refractivity contribution >= 4 is 11.6 Å². The summed E-state index contributed by atoms with van der Waals surface area (Å²) in [4.78, 5) is 16.3. The Labute approximate surface area is 130 Å². The highest BCUT2D eigenvalue weighted by Gasteiger charge is 2.14. The highest BCUT2D eigenvalue weighted by molar-refractivity contribution is 5.90. The fourth-order valence-corrected chi connectivity index (χ4v) is 3.03. The van der Waals surface area contributed by atoms with E-state index in [2.05, 4.69) is 15.4 Å². The number of carbonyl (C=O) groups is 1. The zero-order valence-corrected chi connectivity index (χ0v) is 12.7. The van der Waals surface area contributed by atoms with E-state index in [-0.39, 0.29) is 5.91 Å². The normalized spacial score (nSPS) is 15.6. The maximum absolute atomic E-state index is 12.0. The molecule has 1 aliphatic rings. The van der Waals surface area contributed by atoms with Gasteiger partial charge in [0.15, 0.2) is 5.82 Å². The molecule has 0 atom stereocenters. The molecule has 1 fully saturated rings. The van der Waals surface area contributed by atoms with E-state index < -0.39 is 0 Å². The Hall–Kier alpha value is -2.17. The molecule has 0 saturated heterocycles. The first kappa shape index (κ1) is 14.8. The molecule has 1 N–H and O–H groups in total. The van der Waals surface area contributed by atoms with Crippen molar-refractivity contribution < 1.29 is 4.79 Å². The molecule has 116 valence electrons. The van der Waals surface area contributed by atoms with Gasteiger partial charge in [-0.3, -0.25) is 4.79 Å². The lowest BCUT2D eigenvalue weighted by molar-refractivity contribution is -0.116. The summed E-state index contributed by atoms with van der Waals surface area (Å²) in [5.74, 6) is 1.56. The van der Waals surface area contributed by atoms with E-state index in [1.54, 1.807) is 17.1 Å². The van der Waals surface area contributed by atoms with E-state index in [4.69, 9.17) is 0 Å². The van der Waals surface area contributed by atoms with Crippen LogP contribution >= 0.6 is 0 Å². The van der Waals surface area contributed by atoms with Crippen molar-refractivity contribution in [2.75, 3.05) is 5.32 Å². The molecule has 2 heterocycles. The molecule has 1 aliphatic carbocycles. The van der Waals surface area contributed by atoms with Crippen LogP contribution in [0.3, 0.4) is 0 Å². The van der Waals surface area contributed by atoms with Gasteiger partial charge in [-0.2, -0.15) is 5.10 Å². The number of aromatic nitrogens is 3. The van der Waals surface area contributed by atoms with Crippen LogP contribution in [0.2, 0.25) is 0 Å². The van der Waals surface area contributed by atoms with Gasteiger partial charge in [0.1, 0.15) is 0 Å². The Balaban J connectivity index is 1.48. The molecule has 0 aliphatic heterocycles. The fraction of sp³-hybridized carbons (Fsp3) is 0.471. The predicted molar refractivity (Wildman–Crippen MR) is 85.8 cm³/mol. The first-order valence-electron chi connectivity index (χ1n) is 8.07. The standard InChI is InChI=1S/C17H22N4O/c22-17(10-7-14-5-2-1-3-6-14)20-15-8-9-16(18-13-15)21-12-4-11-19-21/h4,8-9,11-14H,1-3,5-7,10H2,(H,20,22). The quantitative estimate of drug-likeness (QED) is 0.918. The van der Waals surface area contributed by atoms with Gasteiger partial charge in [-0.1, -0.05) is 32.1 Å². The molecule has 22 heavy (non-hydrogen) atoms. The molecule has 1 amide bonds. The molecule has 0 radical (unpaired) electrons. The Kier molecular flexibility index (Phi) is 4.83. The zero-order chi connectivity index (χ0) is 15.2. The average molecular weight is 298 g/mol. The molecule has 0 aromatic carbocycles. The molecular weight excluding hydrogens is 276 g/mol. The number of hydrogen-bond acceptors (Lipinski definition) is 3. The summed E-state index contributed by atoms with van der Waals surface area (Å²) in [7, 11) is 0. The van der Waals surface area contributed by atoms with E-state index in [0.717, 1.165) is 23.8 Å². The first-order valence-corrected chi connectivity index (χ1v) is 8.07. The van der Waals surface area contributed by atoms with Crippen LogP contribution in [-0.4, -0.2) is 20.7 Å². The van der Waals surface area contributed by atoms with Crippen LogP contribution in [0.4, 0.5) is 5.69 Å². The van der Waals surface area contributed by atoms with E-state index in [1.807, 2.05) is 24.4 Å². The lowest BCUT2D eigenvalue weighted by Crippen LogP contribution is -2.15. The number of anilines is 1. The van der Waals surface area contributed by atoms with E-state index in [0.29, 0.717) is 6.42 Å². The Morgan fingerprint density at radius 1 is 1.27 bits per heavy atom. The molecule has 5 nitrogen and oxygen atoms in total. The van der Waals surface area contributed by atoms with Crippen LogP contribution in [0.5, 0.6) is 0 Å². The third-order valence-corrected chi connectivity index (χ3v) is 4.28. The van der Waals surface area contributed by atoms with Crippen LogP contribution in [0.15, 0.2) is 36.8 Å². The molecule has 0 bridgehead atoms. The number of hydrogen-bond donors (Lipinski definition) is 1. The van der Waals surface area contributed by atoms with Gasteiger partial charge in [0, 0.05) is 18.8 Å². The smallest absolute Gasteiger partial charge is 0.224 e. The molecule has 2 aromatic rings. The minimum Gasteiger partial charge on any atom is -0.325 e.